The van der Waals surface area contributed by atoms with Gasteiger partial charge in [-0.15, -0.1) is 11.3 Å². The summed E-state index contributed by atoms with van der Waals surface area (Å²) >= 11 is 1.67. The van der Waals surface area contributed by atoms with Gasteiger partial charge in [-0.25, -0.2) is 9.97 Å². The molecular formula is C20H23N5O2S. The number of nitrogens with one attached hydrogen (secondary N) is 2. The highest BCUT2D eigenvalue weighted by Crippen LogP contribution is 2.22. The highest BCUT2D eigenvalue weighted by atomic mass is 32.1. The monoisotopic (exact) mass is 397 g/mol. The molecule has 146 valence electrons. The van der Waals surface area contributed by atoms with Gasteiger partial charge in [0.15, 0.2) is 5.96 Å². The van der Waals surface area contributed by atoms with Gasteiger partial charge in [0.2, 0.25) is 5.88 Å². The fraction of sp³-hybridized carbons (Fsp3) is 0.250. The van der Waals surface area contributed by atoms with E-state index in [2.05, 4.69) is 25.6 Å². The Morgan fingerprint density at radius 2 is 1.75 bits per heavy atom. The van der Waals surface area contributed by atoms with Crippen molar-refractivity contribution in [3.8, 4) is 17.4 Å². The smallest absolute Gasteiger partial charge is 0.219 e. The van der Waals surface area contributed by atoms with Gasteiger partial charge >= 0.3 is 0 Å². The summed E-state index contributed by atoms with van der Waals surface area (Å²) in [6.45, 7) is 3.29. The van der Waals surface area contributed by atoms with E-state index in [0.29, 0.717) is 30.7 Å². The van der Waals surface area contributed by atoms with Crippen molar-refractivity contribution in [2.45, 2.75) is 20.0 Å². The molecule has 0 saturated heterocycles. The van der Waals surface area contributed by atoms with E-state index >= 15 is 0 Å². The van der Waals surface area contributed by atoms with E-state index in [-0.39, 0.29) is 0 Å². The zero-order valence-electron chi connectivity index (χ0n) is 16.1. The number of aryl methyl sites for hydroxylation is 1. The number of nitrogens with zero attached hydrogens (tertiary/aromatic N) is 3. The van der Waals surface area contributed by atoms with Gasteiger partial charge < -0.3 is 20.1 Å². The minimum atomic E-state index is 0.538. The topological polar surface area (TPSA) is 80.7 Å². The first-order valence-corrected chi connectivity index (χ1v) is 9.60. The van der Waals surface area contributed by atoms with Crippen molar-refractivity contribution in [2.75, 3.05) is 14.2 Å². The molecule has 0 aliphatic carbocycles. The number of aliphatic imine (C=N–C) groups is 1. The number of hydrogen-bond acceptors (Lipinski definition) is 6. The van der Waals surface area contributed by atoms with E-state index in [9.17, 15) is 0 Å². The summed E-state index contributed by atoms with van der Waals surface area (Å²) in [5.41, 5.74) is 1.02. The average molecular weight is 398 g/mol. The van der Waals surface area contributed by atoms with E-state index in [1.165, 1.54) is 4.88 Å². The second-order valence-electron chi connectivity index (χ2n) is 5.93. The van der Waals surface area contributed by atoms with Gasteiger partial charge in [0.1, 0.15) is 16.5 Å². The minimum Gasteiger partial charge on any atom is -0.497 e. The van der Waals surface area contributed by atoms with Gasteiger partial charge in [0.05, 0.1) is 13.7 Å². The summed E-state index contributed by atoms with van der Waals surface area (Å²) in [4.78, 5) is 14.1. The Labute approximate surface area is 168 Å². The molecule has 0 fully saturated rings. The number of ether oxygens (including phenoxy) is 2. The summed E-state index contributed by atoms with van der Waals surface area (Å²) in [6.07, 6.45) is 3.66. The lowest BCUT2D eigenvalue weighted by Gasteiger charge is -2.11. The van der Waals surface area contributed by atoms with Crippen molar-refractivity contribution in [1.29, 1.82) is 0 Å². The zero-order chi connectivity index (χ0) is 19.8. The molecule has 0 unspecified atom stereocenters. The number of rotatable bonds is 7. The first-order valence-electron chi connectivity index (χ1n) is 8.79. The predicted octanol–water partition coefficient (Wildman–Crippen LogP) is 3.51. The Morgan fingerprint density at radius 1 is 1.00 bits per heavy atom. The van der Waals surface area contributed by atoms with Crippen LogP contribution in [0.5, 0.6) is 17.4 Å². The lowest BCUT2D eigenvalue weighted by atomic mass is 10.3. The van der Waals surface area contributed by atoms with Crippen LogP contribution in [0.2, 0.25) is 0 Å². The van der Waals surface area contributed by atoms with Crippen LogP contribution in [-0.2, 0) is 13.1 Å². The Hall–Kier alpha value is -3.13. The molecule has 3 rings (SSSR count). The Bertz CT molecular complexity index is 907. The fourth-order valence-corrected chi connectivity index (χ4v) is 3.12. The summed E-state index contributed by atoms with van der Waals surface area (Å²) in [5.74, 6) is 2.75. The van der Waals surface area contributed by atoms with Crippen molar-refractivity contribution in [3.63, 3.8) is 0 Å². The molecule has 8 heteroatoms. The van der Waals surface area contributed by atoms with Crippen molar-refractivity contribution in [3.05, 3.63) is 64.2 Å². The molecule has 28 heavy (non-hydrogen) atoms. The molecule has 0 amide bonds. The third kappa shape index (κ3) is 5.68. The molecule has 2 N–H and O–H groups in total. The summed E-state index contributed by atoms with van der Waals surface area (Å²) in [7, 11) is 3.38. The number of guanidine groups is 1. The molecule has 0 saturated carbocycles. The van der Waals surface area contributed by atoms with Crippen LogP contribution in [0.25, 0.3) is 0 Å². The Kier molecular flexibility index (Phi) is 6.80. The van der Waals surface area contributed by atoms with Crippen molar-refractivity contribution >= 4 is 17.3 Å². The molecule has 2 heterocycles. The molecule has 0 bridgehead atoms. The van der Waals surface area contributed by atoms with Crippen LogP contribution in [0.3, 0.4) is 0 Å². The van der Waals surface area contributed by atoms with Crippen LogP contribution < -0.4 is 20.1 Å². The van der Waals surface area contributed by atoms with Gasteiger partial charge in [0, 0.05) is 36.9 Å². The van der Waals surface area contributed by atoms with Gasteiger partial charge in [-0.05, 0) is 36.8 Å². The van der Waals surface area contributed by atoms with Gasteiger partial charge in [-0.2, -0.15) is 0 Å². The predicted molar refractivity (Wildman–Crippen MR) is 111 cm³/mol. The van der Waals surface area contributed by atoms with E-state index in [1.54, 1.807) is 31.7 Å². The molecule has 0 aliphatic rings. The lowest BCUT2D eigenvalue weighted by Crippen LogP contribution is -2.36. The Balaban J connectivity index is 1.48. The van der Waals surface area contributed by atoms with Crippen molar-refractivity contribution in [2.24, 2.45) is 4.99 Å². The summed E-state index contributed by atoms with van der Waals surface area (Å²) in [6, 6.07) is 11.2. The third-order valence-corrected chi connectivity index (χ3v) is 4.75. The number of aromatic nitrogens is 2. The number of pyridine rings is 1. The van der Waals surface area contributed by atoms with Crippen molar-refractivity contribution in [1.82, 2.24) is 20.6 Å². The first kappa shape index (κ1) is 19.6. The second-order valence-corrected chi connectivity index (χ2v) is 7.25. The van der Waals surface area contributed by atoms with Crippen LogP contribution in [0.4, 0.5) is 0 Å². The molecule has 2 aromatic heterocycles. The summed E-state index contributed by atoms with van der Waals surface area (Å²) < 4.78 is 10.9. The van der Waals surface area contributed by atoms with E-state index in [4.69, 9.17) is 9.47 Å². The molecule has 3 aromatic rings. The highest BCUT2D eigenvalue weighted by Gasteiger charge is 2.04. The second kappa shape index (κ2) is 9.70. The number of thiazole rings is 1. The standard InChI is InChI=1S/C20H23N5O2S/c1-14-10-23-19(28-14)13-25-20(21-2)24-12-15-4-9-18(22-11-15)27-17-7-5-16(26-3)6-8-17/h4-11H,12-13H2,1-3H3,(H2,21,24,25). The van der Waals surface area contributed by atoms with Gasteiger partial charge in [-0.3, -0.25) is 4.99 Å². The summed E-state index contributed by atoms with van der Waals surface area (Å²) in [5, 5.41) is 7.55. The molecule has 7 nitrogen and oxygen atoms in total. The van der Waals surface area contributed by atoms with Crippen LogP contribution >= 0.6 is 11.3 Å². The normalized spacial score (nSPS) is 11.2. The average Bonchev–Trinajstić information content (AvgIpc) is 3.15. The molecule has 0 spiro atoms. The third-order valence-electron chi connectivity index (χ3n) is 3.84. The van der Waals surface area contributed by atoms with Gasteiger partial charge in [0.25, 0.3) is 0 Å². The van der Waals surface area contributed by atoms with Crippen LogP contribution in [0.1, 0.15) is 15.4 Å². The maximum absolute atomic E-state index is 5.74. The Morgan fingerprint density at radius 3 is 2.36 bits per heavy atom. The maximum atomic E-state index is 5.74. The van der Waals surface area contributed by atoms with Crippen molar-refractivity contribution < 1.29 is 9.47 Å². The first-order chi connectivity index (χ1) is 13.7. The lowest BCUT2D eigenvalue weighted by molar-refractivity contribution is 0.412. The highest BCUT2D eigenvalue weighted by molar-refractivity contribution is 7.11. The molecule has 1 aromatic carbocycles. The number of benzene rings is 1. The zero-order valence-corrected chi connectivity index (χ0v) is 16.9. The van der Waals surface area contributed by atoms with Gasteiger partial charge in [-0.1, -0.05) is 6.07 Å². The molecule has 0 aliphatic heterocycles. The number of hydrogen-bond donors (Lipinski definition) is 2. The van der Waals surface area contributed by atoms with Crippen LogP contribution in [0, 0.1) is 6.92 Å². The SMILES string of the molecule is CN=C(NCc1ccc(Oc2ccc(OC)cc2)nc1)NCc1ncc(C)s1. The minimum absolute atomic E-state index is 0.538. The maximum Gasteiger partial charge on any atom is 0.219 e. The fourth-order valence-electron chi connectivity index (χ4n) is 2.39. The molecule has 0 radical (unpaired) electrons. The largest absolute Gasteiger partial charge is 0.497 e. The molecular weight excluding hydrogens is 374 g/mol. The van der Waals surface area contributed by atoms with Crippen LogP contribution in [0.15, 0.2) is 53.8 Å². The number of methoxy groups -OCH3 is 1. The quantitative estimate of drug-likeness (QED) is 0.469. The van der Waals surface area contributed by atoms with E-state index in [0.717, 1.165) is 16.3 Å². The van der Waals surface area contributed by atoms with E-state index < -0.39 is 0 Å². The molecule has 0 atom stereocenters. The van der Waals surface area contributed by atoms with E-state index in [1.807, 2.05) is 49.5 Å². The van der Waals surface area contributed by atoms with Crippen LogP contribution in [-0.4, -0.2) is 30.1 Å².